The second-order valence-electron chi connectivity index (χ2n) is 6.34. The van der Waals surface area contributed by atoms with Crippen LogP contribution in [0.4, 0.5) is 0 Å². The maximum Gasteiger partial charge on any atom is 0.0470 e. The van der Waals surface area contributed by atoms with E-state index in [-0.39, 0.29) is 5.54 Å². The van der Waals surface area contributed by atoms with E-state index in [0.29, 0.717) is 18.0 Å². The minimum atomic E-state index is 0.188. The van der Waals surface area contributed by atoms with E-state index in [2.05, 4.69) is 51.5 Å². The molecule has 1 heterocycles. The summed E-state index contributed by atoms with van der Waals surface area (Å²) in [6.07, 6.45) is 1.20. The SMILES string of the molecule is CC(C)C(C)N(C)C1(CN)CCN(C(C)C)C1. The third-order valence-electron chi connectivity index (χ3n) is 4.80. The third-order valence-corrected chi connectivity index (χ3v) is 4.80. The van der Waals surface area contributed by atoms with Crippen molar-refractivity contribution in [3.05, 3.63) is 0 Å². The summed E-state index contributed by atoms with van der Waals surface area (Å²) in [5.74, 6) is 0.677. The first kappa shape index (κ1) is 14.9. The lowest BCUT2D eigenvalue weighted by atomic mass is 9.92. The summed E-state index contributed by atoms with van der Waals surface area (Å²) in [5.41, 5.74) is 6.29. The molecule has 0 aliphatic carbocycles. The highest BCUT2D eigenvalue weighted by Crippen LogP contribution is 2.30. The maximum atomic E-state index is 6.10. The smallest absolute Gasteiger partial charge is 0.0470 e. The van der Waals surface area contributed by atoms with Crippen LogP contribution in [0.15, 0.2) is 0 Å². The topological polar surface area (TPSA) is 32.5 Å². The van der Waals surface area contributed by atoms with Crippen LogP contribution in [0.25, 0.3) is 0 Å². The molecule has 17 heavy (non-hydrogen) atoms. The second kappa shape index (κ2) is 5.68. The van der Waals surface area contributed by atoms with Gasteiger partial charge in [-0.05, 0) is 40.2 Å². The zero-order chi connectivity index (χ0) is 13.2. The van der Waals surface area contributed by atoms with Crippen LogP contribution in [0.3, 0.4) is 0 Å². The van der Waals surface area contributed by atoms with Crippen LogP contribution in [0.1, 0.15) is 41.0 Å². The summed E-state index contributed by atoms with van der Waals surface area (Å²) in [5, 5.41) is 0. The van der Waals surface area contributed by atoms with Gasteiger partial charge in [0.1, 0.15) is 0 Å². The lowest BCUT2D eigenvalue weighted by molar-refractivity contribution is 0.0650. The van der Waals surface area contributed by atoms with Crippen molar-refractivity contribution >= 4 is 0 Å². The van der Waals surface area contributed by atoms with Gasteiger partial charge in [-0.15, -0.1) is 0 Å². The summed E-state index contributed by atoms with van der Waals surface area (Å²) >= 11 is 0. The number of hydrogen-bond acceptors (Lipinski definition) is 3. The number of likely N-dealkylation sites (tertiary alicyclic amines) is 1. The van der Waals surface area contributed by atoms with E-state index < -0.39 is 0 Å². The molecule has 0 spiro atoms. The van der Waals surface area contributed by atoms with Gasteiger partial charge in [0.25, 0.3) is 0 Å². The number of likely N-dealkylation sites (N-methyl/N-ethyl adjacent to an activating group) is 1. The number of nitrogens with two attached hydrogens (primary N) is 1. The maximum absolute atomic E-state index is 6.10. The molecule has 0 aromatic carbocycles. The van der Waals surface area contributed by atoms with E-state index in [9.17, 15) is 0 Å². The molecule has 0 aromatic heterocycles. The standard InChI is InChI=1S/C14H31N3/c1-11(2)13(5)16(6)14(9-15)7-8-17(10-14)12(3)4/h11-13H,7-10,15H2,1-6H3. The predicted molar refractivity (Wildman–Crippen MR) is 75.2 cm³/mol. The molecule has 3 heteroatoms. The fourth-order valence-electron chi connectivity index (χ4n) is 2.81. The summed E-state index contributed by atoms with van der Waals surface area (Å²) < 4.78 is 0. The van der Waals surface area contributed by atoms with Gasteiger partial charge in [-0.1, -0.05) is 13.8 Å². The van der Waals surface area contributed by atoms with Gasteiger partial charge in [0.15, 0.2) is 0 Å². The van der Waals surface area contributed by atoms with Gasteiger partial charge < -0.3 is 5.73 Å². The molecule has 2 atom stereocenters. The van der Waals surface area contributed by atoms with Gasteiger partial charge in [0.05, 0.1) is 0 Å². The Morgan fingerprint density at radius 1 is 1.24 bits per heavy atom. The molecule has 3 nitrogen and oxygen atoms in total. The molecular weight excluding hydrogens is 210 g/mol. The van der Waals surface area contributed by atoms with Gasteiger partial charge in [-0.2, -0.15) is 0 Å². The second-order valence-corrected chi connectivity index (χ2v) is 6.34. The van der Waals surface area contributed by atoms with Crippen molar-refractivity contribution in [2.75, 3.05) is 26.7 Å². The fraction of sp³-hybridized carbons (Fsp3) is 1.00. The Kier molecular flexibility index (Phi) is 4.99. The van der Waals surface area contributed by atoms with Crippen molar-refractivity contribution in [3.63, 3.8) is 0 Å². The Morgan fingerprint density at radius 3 is 2.18 bits per heavy atom. The number of rotatable bonds is 5. The van der Waals surface area contributed by atoms with E-state index in [1.54, 1.807) is 0 Å². The highest BCUT2D eigenvalue weighted by molar-refractivity contribution is 5.01. The normalized spacial score (nSPS) is 28.6. The molecule has 0 aromatic rings. The van der Waals surface area contributed by atoms with Gasteiger partial charge in [-0.3, -0.25) is 9.80 Å². The fourth-order valence-corrected chi connectivity index (χ4v) is 2.81. The highest BCUT2D eigenvalue weighted by atomic mass is 15.3. The molecule has 1 fully saturated rings. The Hall–Kier alpha value is -0.120. The summed E-state index contributed by atoms with van der Waals surface area (Å²) in [6, 6.07) is 1.22. The Bertz CT molecular complexity index is 240. The molecule has 2 N–H and O–H groups in total. The molecule has 1 aliphatic rings. The molecule has 0 bridgehead atoms. The van der Waals surface area contributed by atoms with Crippen molar-refractivity contribution in [1.29, 1.82) is 0 Å². The summed E-state index contributed by atoms with van der Waals surface area (Å²) in [7, 11) is 2.25. The summed E-state index contributed by atoms with van der Waals surface area (Å²) in [4.78, 5) is 5.08. The first-order valence-corrected chi connectivity index (χ1v) is 7.01. The van der Waals surface area contributed by atoms with Crippen molar-refractivity contribution < 1.29 is 0 Å². The van der Waals surface area contributed by atoms with Crippen LogP contribution in [0, 0.1) is 5.92 Å². The Morgan fingerprint density at radius 2 is 1.82 bits per heavy atom. The van der Waals surface area contributed by atoms with Gasteiger partial charge >= 0.3 is 0 Å². The van der Waals surface area contributed by atoms with Crippen LogP contribution < -0.4 is 5.73 Å². The predicted octanol–water partition coefficient (Wildman–Crippen LogP) is 1.77. The van der Waals surface area contributed by atoms with Gasteiger partial charge in [0, 0.05) is 37.3 Å². The lowest BCUT2D eigenvalue weighted by Gasteiger charge is -2.43. The zero-order valence-electron chi connectivity index (χ0n) is 12.5. The van der Waals surface area contributed by atoms with E-state index >= 15 is 0 Å². The minimum Gasteiger partial charge on any atom is -0.329 e. The van der Waals surface area contributed by atoms with Crippen LogP contribution in [0.5, 0.6) is 0 Å². The van der Waals surface area contributed by atoms with Gasteiger partial charge in [-0.25, -0.2) is 0 Å². The van der Waals surface area contributed by atoms with Gasteiger partial charge in [0.2, 0.25) is 0 Å². The Balaban J connectivity index is 2.77. The minimum absolute atomic E-state index is 0.188. The van der Waals surface area contributed by atoms with Crippen molar-refractivity contribution in [2.45, 2.75) is 58.7 Å². The third kappa shape index (κ3) is 3.01. The first-order chi connectivity index (χ1) is 7.84. The molecule has 0 amide bonds. The Labute approximate surface area is 107 Å². The lowest BCUT2D eigenvalue weighted by Crippen LogP contribution is -2.58. The quantitative estimate of drug-likeness (QED) is 0.796. The van der Waals surface area contributed by atoms with Crippen LogP contribution >= 0.6 is 0 Å². The molecule has 2 unspecified atom stereocenters. The molecule has 0 saturated carbocycles. The van der Waals surface area contributed by atoms with Crippen molar-refractivity contribution in [3.8, 4) is 0 Å². The summed E-state index contributed by atoms with van der Waals surface area (Å²) in [6.45, 7) is 14.5. The number of nitrogens with zero attached hydrogens (tertiary/aromatic N) is 2. The molecular formula is C14H31N3. The number of hydrogen-bond donors (Lipinski definition) is 1. The van der Waals surface area contributed by atoms with Crippen molar-refractivity contribution in [1.82, 2.24) is 9.80 Å². The van der Waals surface area contributed by atoms with E-state index in [1.807, 2.05) is 0 Å². The van der Waals surface area contributed by atoms with Crippen LogP contribution in [0.2, 0.25) is 0 Å². The molecule has 102 valence electrons. The molecule has 1 aliphatic heterocycles. The van der Waals surface area contributed by atoms with Crippen LogP contribution in [-0.2, 0) is 0 Å². The van der Waals surface area contributed by atoms with E-state index in [0.717, 1.165) is 13.1 Å². The monoisotopic (exact) mass is 241 g/mol. The van der Waals surface area contributed by atoms with Crippen molar-refractivity contribution in [2.24, 2.45) is 11.7 Å². The molecule has 1 saturated heterocycles. The average Bonchev–Trinajstić information content (AvgIpc) is 2.72. The highest BCUT2D eigenvalue weighted by Gasteiger charge is 2.42. The van der Waals surface area contributed by atoms with E-state index in [1.165, 1.54) is 13.0 Å². The molecule has 0 radical (unpaired) electrons. The van der Waals surface area contributed by atoms with E-state index in [4.69, 9.17) is 5.73 Å². The zero-order valence-corrected chi connectivity index (χ0v) is 12.5. The first-order valence-electron chi connectivity index (χ1n) is 7.01. The molecule has 1 rings (SSSR count). The largest absolute Gasteiger partial charge is 0.329 e. The average molecular weight is 241 g/mol. The van der Waals surface area contributed by atoms with Crippen LogP contribution in [-0.4, -0.2) is 54.1 Å².